The minimum Gasteiger partial charge on any atom is -0.382 e. The molecule has 0 aromatic rings. The molecule has 1 fully saturated rings. The molecule has 3 nitrogen and oxygen atoms in total. The van der Waals surface area contributed by atoms with Gasteiger partial charge in [0.1, 0.15) is 0 Å². The first-order chi connectivity index (χ1) is 6.24. The molecule has 0 bridgehead atoms. The summed E-state index contributed by atoms with van der Waals surface area (Å²) >= 11 is 0. The lowest BCUT2D eigenvalue weighted by atomic mass is 9.95. The van der Waals surface area contributed by atoms with Crippen LogP contribution in [0.4, 0.5) is 0 Å². The lowest BCUT2D eigenvalue weighted by molar-refractivity contribution is 0.104. The molecule has 3 atom stereocenters. The Morgan fingerprint density at radius 2 is 2.31 bits per heavy atom. The van der Waals surface area contributed by atoms with Gasteiger partial charge in [0, 0.05) is 19.8 Å². The molecule has 3 unspecified atom stereocenters. The highest BCUT2D eigenvalue weighted by atomic mass is 16.5. The van der Waals surface area contributed by atoms with E-state index in [1.54, 1.807) is 7.11 Å². The first-order valence-electron chi connectivity index (χ1n) is 5.10. The zero-order valence-electron chi connectivity index (χ0n) is 8.66. The Morgan fingerprint density at radius 3 is 2.85 bits per heavy atom. The van der Waals surface area contributed by atoms with Crippen LogP contribution < -0.4 is 5.73 Å². The third-order valence-corrected chi connectivity index (χ3v) is 2.88. The van der Waals surface area contributed by atoms with Crippen LogP contribution >= 0.6 is 0 Å². The van der Waals surface area contributed by atoms with Crippen molar-refractivity contribution in [3.05, 3.63) is 0 Å². The molecule has 1 heterocycles. The fraction of sp³-hybridized carbons (Fsp3) is 1.00. The van der Waals surface area contributed by atoms with Gasteiger partial charge in [0.25, 0.3) is 0 Å². The summed E-state index contributed by atoms with van der Waals surface area (Å²) in [4.78, 5) is 0. The molecule has 0 aromatic heterocycles. The van der Waals surface area contributed by atoms with Crippen molar-refractivity contribution in [1.29, 1.82) is 0 Å². The van der Waals surface area contributed by atoms with E-state index >= 15 is 0 Å². The fourth-order valence-corrected chi connectivity index (χ4v) is 1.67. The highest BCUT2D eigenvalue weighted by Crippen LogP contribution is 2.19. The van der Waals surface area contributed by atoms with Crippen molar-refractivity contribution in [2.45, 2.75) is 38.3 Å². The second-order valence-electron chi connectivity index (χ2n) is 3.91. The van der Waals surface area contributed by atoms with Crippen molar-refractivity contribution in [1.82, 2.24) is 0 Å². The van der Waals surface area contributed by atoms with Crippen LogP contribution in [0.5, 0.6) is 0 Å². The second kappa shape index (κ2) is 5.58. The van der Waals surface area contributed by atoms with Gasteiger partial charge >= 0.3 is 0 Å². The Morgan fingerprint density at radius 1 is 1.54 bits per heavy atom. The van der Waals surface area contributed by atoms with Crippen LogP contribution in [0, 0.1) is 5.92 Å². The van der Waals surface area contributed by atoms with Crippen LogP contribution in [0.2, 0.25) is 0 Å². The number of ether oxygens (including phenoxy) is 2. The van der Waals surface area contributed by atoms with Crippen molar-refractivity contribution in [3.8, 4) is 0 Å². The summed E-state index contributed by atoms with van der Waals surface area (Å²) in [5, 5.41) is 0. The number of hydrogen-bond acceptors (Lipinski definition) is 3. The van der Waals surface area contributed by atoms with E-state index in [0.29, 0.717) is 18.1 Å². The summed E-state index contributed by atoms with van der Waals surface area (Å²) in [6.45, 7) is 3.82. The smallest absolute Gasteiger partial charge is 0.0543 e. The Hall–Kier alpha value is -0.120. The van der Waals surface area contributed by atoms with Crippen LogP contribution in [0.3, 0.4) is 0 Å². The first-order valence-corrected chi connectivity index (χ1v) is 5.10. The van der Waals surface area contributed by atoms with Crippen molar-refractivity contribution in [3.63, 3.8) is 0 Å². The molecule has 13 heavy (non-hydrogen) atoms. The van der Waals surface area contributed by atoms with E-state index in [2.05, 4.69) is 6.92 Å². The van der Waals surface area contributed by atoms with Crippen molar-refractivity contribution >= 4 is 0 Å². The van der Waals surface area contributed by atoms with Gasteiger partial charge in [-0.2, -0.15) is 0 Å². The Kier molecular flexibility index (Phi) is 4.70. The largest absolute Gasteiger partial charge is 0.382 e. The quantitative estimate of drug-likeness (QED) is 0.702. The minimum absolute atomic E-state index is 0.292. The van der Waals surface area contributed by atoms with Crippen LogP contribution in [0.1, 0.15) is 26.2 Å². The van der Waals surface area contributed by atoms with Crippen molar-refractivity contribution < 1.29 is 9.47 Å². The number of hydrogen-bond donors (Lipinski definition) is 1. The highest BCUT2D eigenvalue weighted by Gasteiger charge is 2.22. The number of rotatable bonds is 5. The summed E-state index contributed by atoms with van der Waals surface area (Å²) in [6, 6.07) is 0.292. The van der Waals surface area contributed by atoms with Gasteiger partial charge in [-0.05, 0) is 32.1 Å². The van der Waals surface area contributed by atoms with E-state index in [-0.39, 0.29) is 0 Å². The summed E-state index contributed by atoms with van der Waals surface area (Å²) in [5.41, 5.74) is 6.05. The maximum Gasteiger partial charge on any atom is 0.0543 e. The molecule has 1 aliphatic rings. The Balaban J connectivity index is 2.12. The maximum absolute atomic E-state index is 6.05. The summed E-state index contributed by atoms with van der Waals surface area (Å²) in [7, 11) is 1.74. The van der Waals surface area contributed by atoms with Crippen LogP contribution in [0.25, 0.3) is 0 Å². The molecule has 1 saturated heterocycles. The van der Waals surface area contributed by atoms with Gasteiger partial charge in [-0.1, -0.05) is 0 Å². The monoisotopic (exact) mass is 187 g/mol. The molecule has 2 N–H and O–H groups in total. The molecule has 1 aliphatic heterocycles. The van der Waals surface area contributed by atoms with Gasteiger partial charge in [-0.3, -0.25) is 0 Å². The van der Waals surface area contributed by atoms with Gasteiger partial charge in [0.2, 0.25) is 0 Å². The van der Waals surface area contributed by atoms with Crippen LogP contribution in [0.15, 0.2) is 0 Å². The molecular formula is C10H21NO2. The Bertz CT molecular complexity index is 135. The molecule has 0 amide bonds. The summed E-state index contributed by atoms with van der Waals surface area (Å²) in [6.07, 6.45) is 3.55. The Labute approximate surface area is 80.6 Å². The van der Waals surface area contributed by atoms with Gasteiger partial charge in [-0.25, -0.2) is 0 Å². The first kappa shape index (κ1) is 11.0. The zero-order chi connectivity index (χ0) is 9.68. The lowest BCUT2D eigenvalue weighted by Crippen LogP contribution is -2.31. The number of methoxy groups -OCH3 is 1. The van der Waals surface area contributed by atoms with Gasteiger partial charge in [-0.15, -0.1) is 0 Å². The molecule has 0 radical (unpaired) electrons. The summed E-state index contributed by atoms with van der Waals surface area (Å²) in [5.74, 6) is 0.573. The molecule has 3 heteroatoms. The fourth-order valence-electron chi connectivity index (χ4n) is 1.67. The predicted octanol–water partition coefficient (Wildman–Crippen LogP) is 1.17. The molecule has 0 aliphatic carbocycles. The van der Waals surface area contributed by atoms with E-state index in [1.165, 1.54) is 0 Å². The van der Waals surface area contributed by atoms with Gasteiger partial charge in [0.05, 0.1) is 12.7 Å². The molecule has 1 rings (SSSR count). The average Bonchev–Trinajstić information content (AvgIpc) is 2.66. The maximum atomic E-state index is 6.05. The third kappa shape index (κ3) is 3.63. The normalized spacial score (nSPS) is 27.5. The van der Waals surface area contributed by atoms with Gasteiger partial charge < -0.3 is 15.2 Å². The van der Waals surface area contributed by atoms with E-state index < -0.39 is 0 Å². The van der Waals surface area contributed by atoms with Crippen LogP contribution in [-0.4, -0.2) is 32.5 Å². The molecular weight excluding hydrogens is 166 g/mol. The average molecular weight is 187 g/mol. The number of nitrogens with two attached hydrogens (primary N) is 1. The lowest BCUT2D eigenvalue weighted by Gasteiger charge is -2.19. The van der Waals surface area contributed by atoms with E-state index in [0.717, 1.165) is 32.5 Å². The molecule has 78 valence electrons. The van der Waals surface area contributed by atoms with Gasteiger partial charge in [0.15, 0.2) is 0 Å². The zero-order valence-corrected chi connectivity index (χ0v) is 8.66. The van der Waals surface area contributed by atoms with Crippen molar-refractivity contribution in [2.24, 2.45) is 11.7 Å². The second-order valence-corrected chi connectivity index (χ2v) is 3.91. The molecule has 0 spiro atoms. The SMILES string of the molecule is COC(C)CCC(N)C1CCOC1. The van der Waals surface area contributed by atoms with E-state index in [4.69, 9.17) is 15.2 Å². The third-order valence-electron chi connectivity index (χ3n) is 2.88. The topological polar surface area (TPSA) is 44.5 Å². The van der Waals surface area contributed by atoms with Crippen molar-refractivity contribution in [2.75, 3.05) is 20.3 Å². The summed E-state index contributed by atoms with van der Waals surface area (Å²) < 4.78 is 10.5. The molecule has 0 saturated carbocycles. The van der Waals surface area contributed by atoms with E-state index in [9.17, 15) is 0 Å². The standard InChI is InChI=1S/C10H21NO2/c1-8(12-2)3-4-10(11)9-5-6-13-7-9/h8-10H,3-7,11H2,1-2H3. The van der Waals surface area contributed by atoms with E-state index in [1.807, 2.05) is 0 Å². The molecule has 0 aromatic carbocycles. The van der Waals surface area contributed by atoms with Crippen LogP contribution in [-0.2, 0) is 9.47 Å². The predicted molar refractivity (Wildman–Crippen MR) is 52.6 cm³/mol. The minimum atomic E-state index is 0.292. The highest BCUT2D eigenvalue weighted by molar-refractivity contribution is 4.76.